The summed E-state index contributed by atoms with van der Waals surface area (Å²) in [6, 6.07) is 4.75. The first kappa shape index (κ1) is 13.6. The molecule has 1 heterocycles. The normalized spacial score (nSPS) is 18.9. The monoisotopic (exact) mass is 265 g/mol. The molecule has 0 bridgehead atoms. The molecule has 1 aromatic rings. The maximum absolute atomic E-state index is 10.8. The second-order valence-electron chi connectivity index (χ2n) is 4.77. The van der Waals surface area contributed by atoms with Gasteiger partial charge in [0.2, 0.25) is 0 Å². The topological polar surface area (TPSA) is 76.4 Å². The number of benzene rings is 1. The van der Waals surface area contributed by atoms with Crippen LogP contribution in [0.2, 0.25) is 0 Å². The van der Waals surface area contributed by atoms with E-state index in [1.165, 1.54) is 26.0 Å². The molecule has 1 unspecified atom stereocenters. The predicted molar refractivity (Wildman–Crippen MR) is 73.7 cm³/mol. The number of nitro groups is 1. The summed E-state index contributed by atoms with van der Waals surface area (Å²) in [5.41, 5.74) is 0.778. The molecule has 0 spiro atoms. The molecule has 1 fully saturated rings. The van der Waals surface area contributed by atoms with Crippen molar-refractivity contribution < 1.29 is 9.66 Å². The van der Waals surface area contributed by atoms with E-state index in [4.69, 9.17) is 4.74 Å². The van der Waals surface area contributed by atoms with Gasteiger partial charge in [0.25, 0.3) is 5.69 Å². The Morgan fingerprint density at radius 1 is 1.53 bits per heavy atom. The molecule has 1 aliphatic rings. The Balaban J connectivity index is 2.02. The SMILES string of the molecule is COc1cc(NCC2CCCNC2)cc([N+](=O)[O-])c1. The van der Waals surface area contributed by atoms with Crippen LogP contribution >= 0.6 is 0 Å². The highest BCUT2D eigenvalue weighted by atomic mass is 16.6. The number of ether oxygens (including phenoxy) is 1. The average Bonchev–Trinajstić information content (AvgIpc) is 2.45. The Morgan fingerprint density at radius 3 is 3.00 bits per heavy atom. The lowest BCUT2D eigenvalue weighted by molar-refractivity contribution is -0.384. The van der Waals surface area contributed by atoms with E-state index in [-0.39, 0.29) is 5.69 Å². The molecule has 19 heavy (non-hydrogen) atoms. The molecule has 2 rings (SSSR count). The largest absolute Gasteiger partial charge is 0.496 e. The number of rotatable bonds is 5. The van der Waals surface area contributed by atoms with Crippen LogP contribution in [0, 0.1) is 16.0 Å². The van der Waals surface area contributed by atoms with Gasteiger partial charge < -0.3 is 15.4 Å². The number of nitrogens with one attached hydrogen (secondary N) is 2. The number of hydrogen-bond donors (Lipinski definition) is 2. The molecule has 0 radical (unpaired) electrons. The lowest BCUT2D eigenvalue weighted by Crippen LogP contribution is -2.33. The number of hydrogen-bond acceptors (Lipinski definition) is 5. The molecule has 1 atom stereocenters. The minimum absolute atomic E-state index is 0.0450. The Labute approximate surface area is 112 Å². The van der Waals surface area contributed by atoms with Gasteiger partial charge in [-0.1, -0.05) is 0 Å². The quantitative estimate of drug-likeness (QED) is 0.629. The van der Waals surface area contributed by atoms with Gasteiger partial charge in [0.1, 0.15) is 5.75 Å². The number of nitro benzene ring substituents is 1. The summed E-state index contributed by atoms with van der Waals surface area (Å²) in [4.78, 5) is 10.4. The van der Waals surface area contributed by atoms with Crippen LogP contribution in [0.5, 0.6) is 5.75 Å². The predicted octanol–water partition coefficient (Wildman–Crippen LogP) is 2.01. The van der Waals surface area contributed by atoms with Crippen LogP contribution in [0.3, 0.4) is 0 Å². The van der Waals surface area contributed by atoms with Gasteiger partial charge in [-0.3, -0.25) is 10.1 Å². The molecule has 1 aliphatic heterocycles. The lowest BCUT2D eigenvalue weighted by atomic mass is 10.00. The Morgan fingerprint density at radius 2 is 2.37 bits per heavy atom. The zero-order valence-corrected chi connectivity index (χ0v) is 11.0. The van der Waals surface area contributed by atoms with Gasteiger partial charge in [0, 0.05) is 24.4 Å². The molecule has 6 nitrogen and oxygen atoms in total. The lowest BCUT2D eigenvalue weighted by Gasteiger charge is -2.23. The Bertz CT molecular complexity index is 445. The minimum atomic E-state index is -0.407. The summed E-state index contributed by atoms with van der Waals surface area (Å²) in [5.74, 6) is 1.07. The smallest absolute Gasteiger partial charge is 0.275 e. The summed E-state index contributed by atoms with van der Waals surface area (Å²) in [7, 11) is 1.51. The number of anilines is 1. The van der Waals surface area contributed by atoms with Crippen molar-refractivity contribution in [3.63, 3.8) is 0 Å². The molecule has 0 aromatic heterocycles. The van der Waals surface area contributed by atoms with Crippen molar-refractivity contribution in [2.45, 2.75) is 12.8 Å². The molecule has 2 N–H and O–H groups in total. The zero-order valence-electron chi connectivity index (χ0n) is 11.0. The third-order valence-electron chi connectivity index (χ3n) is 3.33. The zero-order chi connectivity index (χ0) is 13.7. The fourth-order valence-corrected chi connectivity index (χ4v) is 2.27. The number of non-ortho nitro benzene ring substituents is 1. The highest BCUT2D eigenvalue weighted by Crippen LogP contribution is 2.26. The third-order valence-corrected chi connectivity index (χ3v) is 3.33. The van der Waals surface area contributed by atoms with Crippen LogP contribution in [0.25, 0.3) is 0 Å². The van der Waals surface area contributed by atoms with Crippen molar-refractivity contribution in [3.05, 3.63) is 28.3 Å². The number of nitrogens with zero attached hydrogens (tertiary/aromatic N) is 1. The van der Waals surface area contributed by atoms with Gasteiger partial charge in [0.05, 0.1) is 18.1 Å². The Kier molecular flexibility index (Phi) is 4.57. The molecule has 1 aromatic carbocycles. The summed E-state index contributed by atoms with van der Waals surface area (Å²) in [5, 5.41) is 17.4. The maximum Gasteiger partial charge on any atom is 0.275 e. The van der Waals surface area contributed by atoms with Crippen LogP contribution in [-0.2, 0) is 0 Å². The second-order valence-corrected chi connectivity index (χ2v) is 4.77. The van der Waals surface area contributed by atoms with Crippen molar-refractivity contribution >= 4 is 11.4 Å². The first-order chi connectivity index (χ1) is 9.19. The second kappa shape index (κ2) is 6.38. The van der Waals surface area contributed by atoms with Crippen LogP contribution in [0.15, 0.2) is 18.2 Å². The molecule has 1 saturated heterocycles. The van der Waals surface area contributed by atoms with Crippen molar-refractivity contribution in [3.8, 4) is 5.75 Å². The summed E-state index contributed by atoms with van der Waals surface area (Å²) in [6.45, 7) is 2.90. The van der Waals surface area contributed by atoms with Gasteiger partial charge in [-0.15, -0.1) is 0 Å². The first-order valence-electron chi connectivity index (χ1n) is 6.47. The molecule has 104 valence electrons. The molecule has 0 saturated carbocycles. The molecule has 0 aliphatic carbocycles. The van der Waals surface area contributed by atoms with Crippen molar-refractivity contribution in [1.29, 1.82) is 0 Å². The van der Waals surface area contributed by atoms with Crippen molar-refractivity contribution in [2.24, 2.45) is 5.92 Å². The van der Waals surface area contributed by atoms with Crippen molar-refractivity contribution in [1.82, 2.24) is 5.32 Å². The van der Waals surface area contributed by atoms with Gasteiger partial charge in [-0.25, -0.2) is 0 Å². The number of methoxy groups -OCH3 is 1. The maximum atomic E-state index is 10.8. The first-order valence-corrected chi connectivity index (χ1v) is 6.47. The molecular weight excluding hydrogens is 246 g/mol. The molecular formula is C13H19N3O3. The van der Waals surface area contributed by atoms with E-state index in [2.05, 4.69) is 10.6 Å². The van der Waals surface area contributed by atoms with Gasteiger partial charge in [0.15, 0.2) is 0 Å². The van der Waals surface area contributed by atoms with E-state index in [1.54, 1.807) is 12.1 Å². The molecule has 0 amide bonds. The summed E-state index contributed by atoms with van der Waals surface area (Å²) in [6.07, 6.45) is 2.37. The number of piperidine rings is 1. The van der Waals surface area contributed by atoms with E-state index in [0.29, 0.717) is 11.7 Å². The highest BCUT2D eigenvalue weighted by Gasteiger charge is 2.14. The summed E-state index contributed by atoms with van der Waals surface area (Å²) < 4.78 is 5.08. The van der Waals surface area contributed by atoms with E-state index in [1.807, 2.05) is 0 Å². The van der Waals surface area contributed by atoms with E-state index < -0.39 is 4.92 Å². The van der Waals surface area contributed by atoms with Crippen LogP contribution in [0.4, 0.5) is 11.4 Å². The Hall–Kier alpha value is -1.82. The highest BCUT2D eigenvalue weighted by molar-refractivity contribution is 5.56. The van der Waals surface area contributed by atoms with E-state index >= 15 is 0 Å². The fourth-order valence-electron chi connectivity index (χ4n) is 2.27. The summed E-state index contributed by atoms with van der Waals surface area (Å²) >= 11 is 0. The van der Waals surface area contributed by atoms with Crippen LogP contribution in [0.1, 0.15) is 12.8 Å². The minimum Gasteiger partial charge on any atom is -0.496 e. The third kappa shape index (κ3) is 3.82. The average molecular weight is 265 g/mol. The van der Waals surface area contributed by atoms with E-state index in [0.717, 1.165) is 25.3 Å². The standard InChI is InChI=1S/C13H19N3O3/c1-19-13-6-11(5-12(7-13)16(17)18)15-9-10-3-2-4-14-8-10/h5-7,10,14-15H,2-4,8-9H2,1H3. The van der Waals surface area contributed by atoms with Gasteiger partial charge >= 0.3 is 0 Å². The van der Waals surface area contributed by atoms with Crippen molar-refractivity contribution in [2.75, 3.05) is 32.1 Å². The van der Waals surface area contributed by atoms with Gasteiger partial charge in [-0.05, 0) is 31.8 Å². The van der Waals surface area contributed by atoms with E-state index in [9.17, 15) is 10.1 Å². The van der Waals surface area contributed by atoms with Crippen LogP contribution in [-0.4, -0.2) is 31.7 Å². The molecule has 6 heteroatoms. The fraction of sp³-hybridized carbons (Fsp3) is 0.538. The van der Waals surface area contributed by atoms with Crippen LogP contribution < -0.4 is 15.4 Å². The van der Waals surface area contributed by atoms with Gasteiger partial charge in [-0.2, -0.15) is 0 Å².